The Bertz CT molecular complexity index is 1270. The van der Waals surface area contributed by atoms with Crippen LogP contribution in [0.1, 0.15) is 44.0 Å². The van der Waals surface area contributed by atoms with Crippen LogP contribution in [-0.2, 0) is 0 Å². The molecule has 3 heterocycles. The third-order valence-electron chi connectivity index (χ3n) is 5.79. The number of ether oxygens (including phenoxy) is 1. The van der Waals surface area contributed by atoms with Crippen LogP contribution >= 0.6 is 0 Å². The van der Waals surface area contributed by atoms with Crippen molar-refractivity contribution in [2.45, 2.75) is 45.1 Å². The van der Waals surface area contributed by atoms with Crippen molar-refractivity contribution in [3.05, 3.63) is 52.7 Å². The van der Waals surface area contributed by atoms with Crippen molar-refractivity contribution in [3.8, 4) is 17.0 Å². The van der Waals surface area contributed by atoms with Crippen molar-refractivity contribution in [2.75, 3.05) is 7.11 Å². The molecule has 7 heteroatoms. The van der Waals surface area contributed by atoms with Gasteiger partial charge in [0.1, 0.15) is 11.6 Å². The summed E-state index contributed by atoms with van der Waals surface area (Å²) in [5.41, 5.74) is 2.08. The van der Waals surface area contributed by atoms with Gasteiger partial charge >= 0.3 is 0 Å². The minimum absolute atomic E-state index is 0.0298. The lowest BCUT2D eigenvalue weighted by Crippen LogP contribution is -2.27. The van der Waals surface area contributed by atoms with Gasteiger partial charge < -0.3 is 9.30 Å². The molecule has 0 saturated heterocycles. The molecule has 0 N–H and O–H groups in total. The van der Waals surface area contributed by atoms with Gasteiger partial charge in [0.25, 0.3) is 11.3 Å². The average molecular weight is 389 g/mol. The van der Waals surface area contributed by atoms with Crippen LogP contribution in [0.4, 0.5) is 0 Å². The molecule has 0 unspecified atom stereocenters. The Morgan fingerprint density at radius 1 is 1.07 bits per heavy atom. The average Bonchev–Trinajstić information content (AvgIpc) is 3.13. The maximum Gasteiger partial charge on any atom is 0.262 e. The van der Waals surface area contributed by atoms with E-state index in [1.54, 1.807) is 11.6 Å². The number of para-hydroxylation sites is 1. The summed E-state index contributed by atoms with van der Waals surface area (Å²) in [4.78, 5) is 22.8. The monoisotopic (exact) mass is 389 g/mol. The summed E-state index contributed by atoms with van der Waals surface area (Å²) in [6.07, 6.45) is 7.52. The third-order valence-corrected chi connectivity index (χ3v) is 5.79. The normalized spacial score (nSPS) is 15.2. The molecule has 7 nitrogen and oxygen atoms in total. The van der Waals surface area contributed by atoms with Crippen LogP contribution in [0.3, 0.4) is 0 Å². The lowest BCUT2D eigenvalue weighted by atomic mass is 9.95. The molecule has 3 aromatic heterocycles. The molecule has 1 fully saturated rings. The molecule has 1 aliphatic carbocycles. The molecule has 1 aromatic carbocycles. The number of rotatable bonds is 3. The van der Waals surface area contributed by atoms with Gasteiger partial charge in [0, 0.05) is 17.8 Å². The van der Waals surface area contributed by atoms with Gasteiger partial charge in [0.15, 0.2) is 0 Å². The minimum atomic E-state index is -0.0298. The lowest BCUT2D eigenvalue weighted by molar-refractivity contribution is 0.347. The molecule has 0 radical (unpaired) electrons. The summed E-state index contributed by atoms with van der Waals surface area (Å²) in [6.45, 7) is 1.83. The first-order valence-electron chi connectivity index (χ1n) is 10.1. The fourth-order valence-corrected chi connectivity index (χ4v) is 4.43. The molecule has 5 rings (SSSR count). The van der Waals surface area contributed by atoms with Crippen LogP contribution in [0.2, 0.25) is 0 Å². The van der Waals surface area contributed by atoms with E-state index in [1.165, 1.54) is 6.42 Å². The Morgan fingerprint density at radius 3 is 2.66 bits per heavy atom. The predicted molar refractivity (Wildman–Crippen MR) is 111 cm³/mol. The molecule has 1 saturated carbocycles. The zero-order valence-corrected chi connectivity index (χ0v) is 16.6. The first kappa shape index (κ1) is 17.8. The number of aryl methyl sites for hydroxylation is 1. The Kier molecular flexibility index (Phi) is 4.30. The van der Waals surface area contributed by atoms with Crippen LogP contribution in [0, 0.1) is 6.92 Å². The number of benzene rings is 1. The second-order valence-corrected chi connectivity index (χ2v) is 7.61. The van der Waals surface area contributed by atoms with Crippen molar-refractivity contribution in [2.24, 2.45) is 0 Å². The highest BCUT2D eigenvalue weighted by Gasteiger charge is 2.23. The van der Waals surface area contributed by atoms with Crippen LogP contribution in [0.15, 0.2) is 41.3 Å². The van der Waals surface area contributed by atoms with E-state index >= 15 is 0 Å². The first-order valence-corrected chi connectivity index (χ1v) is 10.1. The lowest BCUT2D eigenvalue weighted by Gasteiger charge is -2.24. The largest absolute Gasteiger partial charge is 0.496 e. The van der Waals surface area contributed by atoms with E-state index < -0.39 is 0 Å². The molecule has 0 spiro atoms. The Labute approximate surface area is 168 Å². The zero-order chi connectivity index (χ0) is 20.0. The van der Waals surface area contributed by atoms with Crippen molar-refractivity contribution in [3.63, 3.8) is 0 Å². The second kappa shape index (κ2) is 6.99. The van der Waals surface area contributed by atoms with Crippen LogP contribution in [0.5, 0.6) is 5.75 Å². The van der Waals surface area contributed by atoms with Crippen molar-refractivity contribution < 1.29 is 4.74 Å². The van der Waals surface area contributed by atoms with Crippen molar-refractivity contribution in [1.29, 1.82) is 0 Å². The van der Waals surface area contributed by atoms with Crippen molar-refractivity contribution >= 4 is 16.7 Å². The third kappa shape index (κ3) is 2.88. The number of aromatic nitrogens is 5. The Balaban J connectivity index is 1.89. The maximum atomic E-state index is 13.7. The molecule has 0 bridgehead atoms. The van der Waals surface area contributed by atoms with Gasteiger partial charge in [-0.2, -0.15) is 9.50 Å². The number of hydrogen-bond donors (Lipinski definition) is 0. The summed E-state index contributed by atoms with van der Waals surface area (Å²) in [6, 6.07) is 9.84. The summed E-state index contributed by atoms with van der Waals surface area (Å²) < 4.78 is 9.16. The zero-order valence-electron chi connectivity index (χ0n) is 16.6. The fraction of sp³-hybridized carbons (Fsp3) is 0.364. The highest BCUT2D eigenvalue weighted by molar-refractivity contribution is 5.94. The fourth-order valence-electron chi connectivity index (χ4n) is 4.43. The minimum Gasteiger partial charge on any atom is -0.496 e. The number of methoxy groups -OCH3 is 1. The van der Waals surface area contributed by atoms with E-state index in [-0.39, 0.29) is 11.6 Å². The van der Waals surface area contributed by atoms with Crippen LogP contribution < -0.4 is 10.3 Å². The highest BCUT2D eigenvalue weighted by Crippen LogP contribution is 2.34. The topological polar surface area (TPSA) is 74.3 Å². The van der Waals surface area contributed by atoms with E-state index in [1.807, 2.05) is 48.0 Å². The number of hydrogen-bond acceptors (Lipinski definition) is 5. The van der Waals surface area contributed by atoms with Crippen molar-refractivity contribution in [1.82, 2.24) is 24.1 Å². The molecule has 1 aliphatic rings. The van der Waals surface area contributed by atoms with E-state index in [2.05, 4.69) is 15.1 Å². The number of fused-ring (bicyclic) bond motifs is 2. The summed E-state index contributed by atoms with van der Waals surface area (Å²) >= 11 is 0. The van der Waals surface area contributed by atoms with E-state index in [0.29, 0.717) is 33.9 Å². The standard InChI is InChI=1S/C22H23N5O2/c1-14-23-22-24-17-12-13-26(15-8-4-3-5-9-15)21(28)19(17)20(27(22)25-14)16-10-6-7-11-18(16)29-2/h6-7,10-13,15H,3-5,8-9H2,1-2H3. The first-order chi connectivity index (χ1) is 14.2. The number of pyridine rings is 1. The van der Waals surface area contributed by atoms with Gasteiger partial charge in [-0.25, -0.2) is 4.98 Å². The molecule has 4 aromatic rings. The van der Waals surface area contributed by atoms with Gasteiger partial charge in [-0.1, -0.05) is 31.4 Å². The summed E-state index contributed by atoms with van der Waals surface area (Å²) in [5, 5.41) is 5.09. The van der Waals surface area contributed by atoms with Gasteiger partial charge in [0.2, 0.25) is 0 Å². The van der Waals surface area contributed by atoms with Crippen LogP contribution in [0.25, 0.3) is 27.9 Å². The van der Waals surface area contributed by atoms with E-state index in [4.69, 9.17) is 4.74 Å². The van der Waals surface area contributed by atoms with Gasteiger partial charge in [0.05, 0.1) is 23.7 Å². The maximum absolute atomic E-state index is 13.7. The van der Waals surface area contributed by atoms with E-state index in [0.717, 1.165) is 31.2 Å². The van der Waals surface area contributed by atoms with Gasteiger partial charge in [-0.05, 0) is 38.0 Å². The Morgan fingerprint density at radius 2 is 1.86 bits per heavy atom. The molecule has 0 aliphatic heterocycles. The summed E-state index contributed by atoms with van der Waals surface area (Å²) in [7, 11) is 1.63. The number of nitrogens with zero attached hydrogens (tertiary/aromatic N) is 5. The molecule has 0 atom stereocenters. The molecular weight excluding hydrogens is 366 g/mol. The SMILES string of the molecule is COc1ccccc1-c1c2c(=O)n(C3CCCCC3)ccc2nc2nc(C)nn12. The predicted octanol–water partition coefficient (Wildman–Crippen LogP) is 3.93. The summed E-state index contributed by atoms with van der Waals surface area (Å²) in [5.74, 6) is 1.77. The highest BCUT2D eigenvalue weighted by atomic mass is 16.5. The second-order valence-electron chi connectivity index (χ2n) is 7.61. The molecule has 0 amide bonds. The molecular formula is C22H23N5O2. The quantitative estimate of drug-likeness (QED) is 0.531. The Hall–Kier alpha value is -3.22. The smallest absolute Gasteiger partial charge is 0.262 e. The van der Waals surface area contributed by atoms with Gasteiger partial charge in [-0.3, -0.25) is 4.79 Å². The van der Waals surface area contributed by atoms with Gasteiger partial charge in [-0.15, -0.1) is 5.10 Å². The molecule has 148 valence electrons. The van der Waals surface area contributed by atoms with E-state index in [9.17, 15) is 4.79 Å². The molecule has 29 heavy (non-hydrogen) atoms. The van der Waals surface area contributed by atoms with Crippen LogP contribution in [-0.4, -0.2) is 31.3 Å².